The first-order valence-electron chi connectivity index (χ1n) is 6.90. The number of anilines is 1. The van der Waals surface area contributed by atoms with Gasteiger partial charge in [-0.1, -0.05) is 26.8 Å². The first-order chi connectivity index (χ1) is 9.82. The minimum atomic E-state index is -0.890. The zero-order valence-corrected chi connectivity index (χ0v) is 12.7. The molecule has 2 rings (SSSR count). The van der Waals surface area contributed by atoms with Crippen LogP contribution in [-0.2, 0) is 5.41 Å². The Morgan fingerprint density at radius 1 is 1.14 bits per heavy atom. The topological polar surface area (TPSA) is 37.8 Å². The zero-order valence-electron chi connectivity index (χ0n) is 12.7. The second-order valence-corrected chi connectivity index (χ2v) is 5.84. The summed E-state index contributed by atoms with van der Waals surface area (Å²) in [5.74, 6) is -0.581. The predicted octanol–water partition coefficient (Wildman–Crippen LogP) is 4.15. The molecule has 2 aromatic rings. The second kappa shape index (κ2) is 5.76. The fourth-order valence-corrected chi connectivity index (χ4v) is 1.89. The summed E-state index contributed by atoms with van der Waals surface area (Å²) in [6.45, 7) is 8.56. The Kier molecular flexibility index (Phi) is 4.21. The summed E-state index contributed by atoms with van der Waals surface area (Å²) in [6, 6.07) is 5.72. The number of halogens is 2. The van der Waals surface area contributed by atoms with Gasteiger partial charge in [0.25, 0.3) is 0 Å². The van der Waals surface area contributed by atoms with Gasteiger partial charge in [-0.15, -0.1) is 0 Å². The van der Waals surface area contributed by atoms with Crippen LogP contribution in [-0.4, -0.2) is 16.5 Å². The summed E-state index contributed by atoms with van der Waals surface area (Å²) in [5, 5.41) is 3.10. The second-order valence-electron chi connectivity index (χ2n) is 5.84. The van der Waals surface area contributed by atoms with Crippen LogP contribution in [0.1, 0.15) is 33.5 Å². The van der Waals surface area contributed by atoms with Crippen LogP contribution >= 0.6 is 0 Å². The van der Waals surface area contributed by atoms with E-state index in [1.165, 1.54) is 12.1 Å². The van der Waals surface area contributed by atoms with Crippen LogP contribution < -0.4 is 5.32 Å². The molecule has 1 heterocycles. The SMILES string of the molecule is CCNc1cc(-c2cccc(F)c2F)nc(C(C)(C)C)n1. The van der Waals surface area contributed by atoms with E-state index in [1.54, 1.807) is 6.07 Å². The summed E-state index contributed by atoms with van der Waals surface area (Å²) in [6.07, 6.45) is 0. The number of benzene rings is 1. The number of nitrogens with one attached hydrogen (secondary N) is 1. The van der Waals surface area contributed by atoms with Gasteiger partial charge in [0.1, 0.15) is 11.6 Å². The Morgan fingerprint density at radius 3 is 2.48 bits per heavy atom. The van der Waals surface area contributed by atoms with Crippen molar-refractivity contribution in [2.45, 2.75) is 33.1 Å². The quantitative estimate of drug-likeness (QED) is 0.923. The van der Waals surface area contributed by atoms with Gasteiger partial charge in [-0.05, 0) is 19.1 Å². The summed E-state index contributed by atoms with van der Waals surface area (Å²) in [7, 11) is 0. The number of hydrogen-bond acceptors (Lipinski definition) is 3. The molecule has 0 unspecified atom stereocenters. The fraction of sp³-hybridized carbons (Fsp3) is 0.375. The zero-order chi connectivity index (χ0) is 15.6. The fourth-order valence-electron chi connectivity index (χ4n) is 1.89. The van der Waals surface area contributed by atoms with Crippen LogP contribution in [0.2, 0.25) is 0 Å². The van der Waals surface area contributed by atoms with Crippen molar-refractivity contribution in [3.05, 3.63) is 41.7 Å². The van der Waals surface area contributed by atoms with Gasteiger partial charge in [0, 0.05) is 23.6 Å². The highest BCUT2D eigenvalue weighted by atomic mass is 19.2. The van der Waals surface area contributed by atoms with E-state index >= 15 is 0 Å². The average Bonchev–Trinajstić information content (AvgIpc) is 2.41. The maximum atomic E-state index is 14.0. The Hall–Kier alpha value is -2.04. The van der Waals surface area contributed by atoms with Crippen LogP contribution in [0.3, 0.4) is 0 Å². The van der Waals surface area contributed by atoms with Gasteiger partial charge in [0.15, 0.2) is 11.6 Å². The molecule has 0 spiro atoms. The van der Waals surface area contributed by atoms with Gasteiger partial charge in [-0.2, -0.15) is 0 Å². The van der Waals surface area contributed by atoms with Gasteiger partial charge in [0.05, 0.1) is 5.69 Å². The van der Waals surface area contributed by atoms with Crippen LogP contribution in [0.5, 0.6) is 0 Å². The highest BCUT2D eigenvalue weighted by Gasteiger charge is 2.21. The van der Waals surface area contributed by atoms with Crippen molar-refractivity contribution in [2.24, 2.45) is 0 Å². The summed E-state index contributed by atoms with van der Waals surface area (Å²) < 4.78 is 27.4. The number of aromatic nitrogens is 2. The molecule has 0 radical (unpaired) electrons. The van der Waals surface area contributed by atoms with Crippen LogP contribution in [0, 0.1) is 11.6 Å². The lowest BCUT2D eigenvalue weighted by atomic mass is 9.95. The normalized spacial score (nSPS) is 11.5. The Balaban J connectivity index is 2.62. The predicted molar refractivity (Wildman–Crippen MR) is 80.2 cm³/mol. The smallest absolute Gasteiger partial charge is 0.168 e. The Labute approximate surface area is 123 Å². The van der Waals surface area contributed by atoms with Crippen LogP contribution in [0.15, 0.2) is 24.3 Å². The van der Waals surface area contributed by atoms with Crippen molar-refractivity contribution in [2.75, 3.05) is 11.9 Å². The van der Waals surface area contributed by atoms with Gasteiger partial charge in [-0.3, -0.25) is 0 Å². The van der Waals surface area contributed by atoms with Crippen molar-refractivity contribution in [1.82, 2.24) is 9.97 Å². The van der Waals surface area contributed by atoms with E-state index in [0.717, 1.165) is 6.07 Å². The first-order valence-corrected chi connectivity index (χ1v) is 6.90. The summed E-state index contributed by atoms with van der Waals surface area (Å²) in [5.41, 5.74) is 0.231. The van der Waals surface area contributed by atoms with E-state index in [4.69, 9.17) is 0 Å². The standard InChI is InChI=1S/C16H19F2N3/c1-5-19-13-9-12(20-15(21-13)16(2,3)4)10-7-6-8-11(17)14(10)18/h6-9H,5H2,1-4H3,(H,19,20,21). The molecule has 0 aliphatic heterocycles. The molecule has 0 bridgehead atoms. The lowest BCUT2D eigenvalue weighted by molar-refractivity contribution is 0.510. The highest BCUT2D eigenvalue weighted by molar-refractivity contribution is 5.63. The Morgan fingerprint density at radius 2 is 1.86 bits per heavy atom. The van der Waals surface area contributed by atoms with E-state index < -0.39 is 11.6 Å². The third-order valence-electron chi connectivity index (χ3n) is 2.98. The van der Waals surface area contributed by atoms with Gasteiger partial charge < -0.3 is 5.32 Å². The van der Waals surface area contributed by atoms with Crippen molar-refractivity contribution >= 4 is 5.82 Å². The van der Waals surface area contributed by atoms with Crippen molar-refractivity contribution < 1.29 is 8.78 Å². The molecule has 0 atom stereocenters. The molecule has 1 aromatic heterocycles. The number of rotatable bonds is 3. The molecule has 112 valence electrons. The number of hydrogen-bond donors (Lipinski definition) is 1. The summed E-state index contributed by atoms with van der Waals surface area (Å²) >= 11 is 0. The molecule has 1 N–H and O–H groups in total. The molecule has 0 saturated carbocycles. The van der Waals surface area contributed by atoms with E-state index in [0.29, 0.717) is 23.9 Å². The third kappa shape index (κ3) is 3.35. The average molecular weight is 291 g/mol. The lowest BCUT2D eigenvalue weighted by Gasteiger charge is -2.19. The van der Waals surface area contributed by atoms with E-state index in [1.807, 2.05) is 27.7 Å². The molecule has 0 amide bonds. The molecule has 0 aliphatic rings. The number of nitrogens with zero attached hydrogens (tertiary/aromatic N) is 2. The molecule has 3 nitrogen and oxygen atoms in total. The molecule has 0 saturated heterocycles. The first kappa shape index (κ1) is 15.4. The van der Waals surface area contributed by atoms with Crippen molar-refractivity contribution in [3.63, 3.8) is 0 Å². The maximum Gasteiger partial charge on any atom is 0.168 e. The molecular formula is C16H19F2N3. The van der Waals surface area contributed by atoms with E-state index in [-0.39, 0.29) is 11.0 Å². The monoisotopic (exact) mass is 291 g/mol. The lowest BCUT2D eigenvalue weighted by Crippen LogP contribution is -2.18. The largest absolute Gasteiger partial charge is 0.370 e. The van der Waals surface area contributed by atoms with Gasteiger partial charge in [0.2, 0.25) is 0 Å². The van der Waals surface area contributed by atoms with Gasteiger partial charge >= 0.3 is 0 Å². The van der Waals surface area contributed by atoms with E-state index in [2.05, 4.69) is 15.3 Å². The molecular weight excluding hydrogens is 272 g/mol. The Bertz CT molecular complexity index is 648. The molecule has 21 heavy (non-hydrogen) atoms. The minimum absolute atomic E-state index is 0.141. The minimum Gasteiger partial charge on any atom is -0.370 e. The van der Waals surface area contributed by atoms with Crippen molar-refractivity contribution in [1.29, 1.82) is 0 Å². The van der Waals surface area contributed by atoms with Gasteiger partial charge in [-0.25, -0.2) is 18.7 Å². The molecule has 1 aromatic carbocycles. The van der Waals surface area contributed by atoms with Crippen molar-refractivity contribution in [3.8, 4) is 11.3 Å². The van der Waals surface area contributed by atoms with Crippen LogP contribution in [0.25, 0.3) is 11.3 Å². The summed E-state index contributed by atoms with van der Waals surface area (Å²) in [4.78, 5) is 8.83. The molecule has 0 fully saturated rings. The third-order valence-corrected chi connectivity index (χ3v) is 2.98. The maximum absolute atomic E-state index is 14.0. The highest BCUT2D eigenvalue weighted by Crippen LogP contribution is 2.27. The van der Waals surface area contributed by atoms with Crippen LogP contribution in [0.4, 0.5) is 14.6 Å². The van der Waals surface area contributed by atoms with E-state index in [9.17, 15) is 8.78 Å². The molecule has 0 aliphatic carbocycles. The molecule has 5 heteroatoms.